The average Bonchev–Trinajstić information content (AvgIpc) is 2.75. The van der Waals surface area contributed by atoms with Gasteiger partial charge in [-0.25, -0.2) is 10.8 Å². The fourth-order valence-corrected chi connectivity index (χ4v) is 1.71. The predicted octanol–water partition coefficient (Wildman–Crippen LogP) is 0.751. The molecule has 0 atom stereocenters. The number of aromatic nitrogens is 1. The minimum absolute atomic E-state index is 0.532. The van der Waals surface area contributed by atoms with Gasteiger partial charge < -0.3 is 5.32 Å². The van der Waals surface area contributed by atoms with Crippen LogP contribution in [0, 0.1) is 5.92 Å². The molecular weight excluding hydrogens is 222 g/mol. The topological polar surface area (TPSA) is 75.3 Å². The Kier molecular flexibility index (Phi) is 5.81. The van der Waals surface area contributed by atoms with E-state index in [1.165, 1.54) is 0 Å². The molecule has 1 heterocycles. The van der Waals surface area contributed by atoms with E-state index in [0.717, 1.165) is 24.5 Å². The number of hydrogen-bond acceptors (Lipinski definition) is 4. The Bertz CT molecular complexity index is 307. The molecule has 0 aliphatic heterocycles. The summed E-state index contributed by atoms with van der Waals surface area (Å²) in [5.74, 6) is 6.54. The maximum Gasteiger partial charge on any atom is 0.205 e. The molecule has 0 bridgehead atoms. The van der Waals surface area contributed by atoms with Gasteiger partial charge in [0.2, 0.25) is 5.96 Å². The molecule has 0 spiro atoms. The smallest absolute Gasteiger partial charge is 0.205 e. The zero-order valence-corrected chi connectivity index (χ0v) is 10.5. The molecule has 0 aliphatic rings. The molecule has 0 radical (unpaired) electrons. The first kappa shape index (κ1) is 12.9. The van der Waals surface area contributed by atoms with Gasteiger partial charge in [-0.05, 0) is 5.92 Å². The molecule has 0 unspecified atom stereocenters. The minimum Gasteiger partial charge on any atom is -0.355 e. The Balaban J connectivity index is 2.26. The second kappa shape index (κ2) is 7.19. The highest BCUT2D eigenvalue weighted by Gasteiger charge is 1.98. The molecule has 0 saturated heterocycles. The number of aliphatic imine (C=N–C) groups is 1. The van der Waals surface area contributed by atoms with Crippen LogP contribution in [0.25, 0.3) is 0 Å². The van der Waals surface area contributed by atoms with Gasteiger partial charge >= 0.3 is 0 Å². The number of nitrogens with zero attached hydrogens (tertiary/aromatic N) is 2. The molecule has 0 amide bonds. The van der Waals surface area contributed by atoms with Crippen LogP contribution in [0.1, 0.15) is 18.9 Å². The fraction of sp³-hybridized carbons (Fsp3) is 0.600. The predicted molar refractivity (Wildman–Crippen MR) is 68.3 cm³/mol. The highest BCUT2D eigenvalue weighted by Crippen LogP contribution is 2.03. The minimum atomic E-state index is 0.532. The lowest BCUT2D eigenvalue weighted by molar-refractivity contribution is 0.656. The summed E-state index contributed by atoms with van der Waals surface area (Å²) >= 11 is 1.66. The molecule has 0 aromatic carbocycles. The lowest BCUT2D eigenvalue weighted by Gasteiger charge is -2.09. The number of hydrazine groups is 1. The summed E-state index contributed by atoms with van der Waals surface area (Å²) in [5.41, 5.74) is 2.56. The Morgan fingerprint density at radius 1 is 1.62 bits per heavy atom. The maximum absolute atomic E-state index is 5.36. The van der Waals surface area contributed by atoms with Gasteiger partial charge in [0.05, 0.1) is 5.01 Å². The Labute approximate surface area is 100 Å². The normalized spacial score (nSPS) is 11.9. The van der Waals surface area contributed by atoms with Gasteiger partial charge in [0, 0.05) is 31.1 Å². The van der Waals surface area contributed by atoms with Crippen LogP contribution >= 0.6 is 11.3 Å². The number of nitrogens with one attached hydrogen (secondary N) is 2. The van der Waals surface area contributed by atoms with Crippen molar-refractivity contribution in [1.82, 2.24) is 15.7 Å². The van der Waals surface area contributed by atoms with Crippen molar-refractivity contribution in [1.29, 1.82) is 0 Å². The quantitative estimate of drug-likeness (QED) is 0.308. The monoisotopic (exact) mass is 241 g/mol. The molecule has 1 aromatic rings. The summed E-state index contributed by atoms with van der Waals surface area (Å²) in [5, 5.41) is 6.24. The lowest BCUT2D eigenvalue weighted by atomic mass is 10.2. The molecule has 0 saturated carbocycles. The largest absolute Gasteiger partial charge is 0.355 e. The van der Waals surface area contributed by atoms with Crippen molar-refractivity contribution in [3.63, 3.8) is 0 Å². The molecule has 5 nitrogen and oxygen atoms in total. The van der Waals surface area contributed by atoms with Crippen LogP contribution in [-0.2, 0) is 6.42 Å². The molecule has 16 heavy (non-hydrogen) atoms. The van der Waals surface area contributed by atoms with Gasteiger partial charge in [0.25, 0.3) is 0 Å². The van der Waals surface area contributed by atoms with Gasteiger partial charge in [0.1, 0.15) is 0 Å². The van der Waals surface area contributed by atoms with E-state index in [0.29, 0.717) is 11.9 Å². The van der Waals surface area contributed by atoms with Crippen molar-refractivity contribution >= 4 is 17.3 Å². The number of rotatable bonds is 5. The molecule has 6 heteroatoms. The first-order chi connectivity index (χ1) is 7.72. The average molecular weight is 241 g/mol. The molecule has 1 aromatic heterocycles. The van der Waals surface area contributed by atoms with Crippen molar-refractivity contribution in [2.45, 2.75) is 20.3 Å². The first-order valence-electron chi connectivity index (χ1n) is 5.35. The molecule has 1 rings (SSSR count). The Morgan fingerprint density at radius 3 is 3.00 bits per heavy atom. The van der Waals surface area contributed by atoms with Crippen LogP contribution in [0.4, 0.5) is 0 Å². The number of nitrogens with two attached hydrogens (primary N) is 1. The third-order valence-electron chi connectivity index (χ3n) is 1.87. The molecule has 90 valence electrons. The summed E-state index contributed by atoms with van der Waals surface area (Å²) in [6, 6.07) is 0. The van der Waals surface area contributed by atoms with Gasteiger partial charge in [-0.1, -0.05) is 13.8 Å². The van der Waals surface area contributed by atoms with E-state index >= 15 is 0 Å². The molecular formula is C10H19N5S. The highest BCUT2D eigenvalue weighted by molar-refractivity contribution is 7.09. The van der Waals surface area contributed by atoms with Crippen molar-refractivity contribution in [3.05, 3.63) is 16.6 Å². The van der Waals surface area contributed by atoms with Crippen molar-refractivity contribution in [3.8, 4) is 0 Å². The third-order valence-corrected chi connectivity index (χ3v) is 2.71. The van der Waals surface area contributed by atoms with Gasteiger partial charge in [-0.3, -0.25) is 10.4 Å². The lowest BCUT2D eigenvalue weighted by Crippen LogP contribution is -2.42. The number of hydrogen-bond donors (Lipinski definition) is 3. The van der Waals surface area contributed by atoms with Crippen molar-refractivity contribution in [2.75, 3.05) is 13.1 Å². The molecule has 0 fully saturated rings. The first-order valence-corrected chi connectivity index (χ1v) is 6.23. The van der Waals surface area contributed by atoms with Crippen molar-refractivity contribution in [2.24, 2.45) is 16.8 Å². The van der Waals surface area contributed by atoms with Gasteiger partial charge in [0.15, 0.2) is 0 Å². The van der Waals surface area contributed by atoms with E-state index in [1.807, 2.05) is 11.6 Å². The number of guanidine groups is 1. The Morgan fingerprint density at radius 2 is 2.44 bits per heavy atom. The summed E-state index contributed by atoms with van der Waals surface area (Å²) in [6.45, 7) is 5.79. The van der Waals surface area contributed by atoms with E-state index in [2.05, 4.69) is 34.6 Å². The molecule has 0 aliphatic carbocycles. The third kappa shape index (κ3) is 5.09. The summed E-state index contributed by atoms with van der Waals surface area (Å²) in [7, 11) is 0. The zero-order chi connectivity index (χ0) is 11.8. The second-order valence-electron chi connectivity index (χ2n) is 3.83. The van der Waals surface area contributed by atoms with Crippen LogP contribution in [-0.4, -0.2) is 24.0 Å². The van der Waals surface area contributed by atoms with E-state index in [4.69, 9.17) is 5.84 Å². The Hall–Kier alpha value is -1.14. The van der Waals surface area contributed by atoms with Crippen LogP contribution in [0.5, 0.6) is 0 Å². The summed E-state index contributed by atoms with van der Waals surface area (Å²) in [6.07, 6.45) is 2.70. The summed E-state index contributed by atoms with van der Waals surface area (Å²) < 4.78 is 0. The fourth-order valence-electron chi connectivity index (χ4n) is 1.09. The SMILES string of the molecule is CC(C)CN=C(NN)NCCc1nccs1. The van der Waals surface area contributed by atoms with E-state index in [-0.39, 0.29) is 0 Å². The van der Waals surface area contributed by atoms with Crippen LogP contribution < -0.4 is 16.6 Å². The maximum atomic E-state index is 5.36. The second-order valence-corrected chi connectivity index (χ2v) is 4.81. The van der Waals surface area contributed by atoms with E-state index < -0.39 is 0 Å². The summed E-state index contributed by atoms with van der Waals surface area (Å²) in [4.78, 5) is 8.51. The molecule has 4 N–H and O–H groups in total. The highest BCUT2D eigenvalue weighted by atomic mass is 32.1. The van der Waals surface area contributed by atoms with Crippen LogP contribution in [0.2, 0.25) is 0 Å². The standard InChI is InChI=1S/C10H19N5S/c1-8(2)7-14-10(15-11)13-4-3-9-12-5-6-16-9/h5-6,8H,3-4,7,11H2,1-2H3,(H2,13,14,15). The van der Waals surface area contributed by atoms with E-state index in [9.17, 15) is 0 Å². The van der Waals surface area contributed by atoms with Gasteiger partial charge in [-0.15, -0.1) is 11.3 Å². The van der Waals surface area contributed by atoms with Gasteiger partial charge in [-0.2, -0.15) is 0 Å². The van der Waals surface area contributed by atoms with Crippen LogP contribution in [0.3, 0.4) is 0 Å². The van der Waals surface area contributed by atoms with Crippen molar-refractivity contribution < 1.29 is 0 Å². The zero-order valence-electron chi connectivity index (χ0n) is 9.73. The number of thiazole rings is 1. The van der Waals surface area contributed by atoms with Crippen LogP contribution in [0.15, 0.2) is 16.6 Å². The van der Waals surface area contributed by atoms with E-state index in [1.54, 1.807) is 11.3 Å².